The number of amides is 1. The fraction of sp³-hybridized carbons (Fsp3) is 0.429. The highest BCUT2D eigenvalue weighted by Crippen LogP contribution is 2.24. The zero-order valence-corrected chi connectivity index (χ0v) is 18.8. The van der Waals surface area contributed by atoms with Crippen LogP contribution in [0.15, 0.2) is 46.9 Å². The number of carbonyl (C=O) groups is 1. The van der Waals surface area contributed by atoms with Gasteiger partial charge in [-0.1, -0.05) is 30.0 Å². The number of hydrogen-bond acceptors (Lipinski definition) is 7. The van der Waals surface area contributed by atoms with E-state index in [-0.39, 0.29) is 17.2 Å². The van der Waals surface area contributed by atoms with E-state index in [0.29, 0.717) is 5.16 Å². The molecule has 1 amide bonds. The molecule has 4 rings (SSSR count). The van der Waals surface area contributed by atoms with E-state index in [9.17, 15) is 4.79 Å². The standard InChI is InChI=1S/C21H26N6OS2/c1-15-5-3-6-18(13-15)27-21(23-24-25-27)30-16(2)20(28)22-17-8-10-26(11-9-17)14-19-7-4-12-29-19/h3-7,12-13,16-17H,8-11,14H2,1-2H3,(H,22,28). The largest absolute Gasteiger partial charge is 0.352 e. The molecular weight excluding hydrogens is 416 g/mol. The van der Waals surface area contributed by atoms with E-state index < -0.39 is 0 Å². The van der Waals surface area contributed by atoms with E-state index in [4.69, 9.17) is 0 Å². The van der Waals surface area contributed by atoms with E-state index >= 15 is 0 Å². The fourth-order valence-corrected chi connectivity index (χ4v) is 5.13. The van der Waals surface area contributed by atoms with E-state index in [0.717, 1.165) is 43.7 Å². The van der Waals surface area contributed by atoms with Crippen molar-refractivity contribution >= 4 is 29.0 Å². The van der Waals surface area contributed by atoms with Crippen LogP contribution in [0.4, 0.5) is 0 Å². The summed E-state index contributed by atoms with van der Waals surface area (Å²) in [5.41, 5.74) is 2.03. The summed E-state index contributed by atoms with van der Waals surface area (Å²) in [5.74, 6) is 0.0375. The van der Waals surface area contributed by atoms with Crippen molar-refractivity contribution in [2.45, 2.75) is 49.7 Å². The number of carbonyl (C=O) groups excluding carboxylic acids is 1. The van der Waals surface area contributed by atoms with Crippen molar-refractivity contribution in [3.8, 4) is 5.69 Å². The van der Waals surface area contributed by atoms with Crippen LogP contribution in [0.5, 0.6) is 0 Å². The first kappa shape index (κ1) is 21.0. The fourth-order valence-electron chi connectivity index (χ4n) is 3.56. The number of rotatable bonds is 7. The number of likely N-dealkylation sites (tertiary alicyclic amines) is 1. The number of piperidine rings is 1. The maximum Gasteiger partial charge on any atom is 0.233 e. The Hall–Kier alpha value is -2.23. The molecule has 3 heterocycles. The smallest absolute Gasteiger partial charge is 0.233 e. The molecule has 30 heavy (non-hydrogen) atoms. The van der Waals surface area contributed by atoms with Crippen LogP contribution >= 0.6 is 23.1 Å². The highest BCUT2D eigenvalue weighted by molar-refractivity contribution is 8.00. The molecule has 1 N–H and O–H groups in total. The first-order valence-electron chi connectivity index (χ1n) is 10.2. The number of nitrogens with one attached hydrogen (secondary N) is 1. The molecule has 1 saturated heterocycles. The monoisotopic (exact) mass is 442 g/mol. The Kier molecular flexibility index (Phi) is 6.81. The number of aryl methyl sites for hydroxylation is 1. The Morgan fingerprint density at radius 3 is 2.87 bits per heavy atom. The summed E-state index contributed by atoms with van der Waals surface area (Å²) in [6.07, 6.45) is 1.96. The van der Waals surface area contributed by atoms with E-state index in [1.54, 1.807) is 16.0 Å². The number of aromatic nitrogens is 4. The summed E-state index contributed by atoms with van der Waals surface area (Å²) in [4.78, 5) is 16.6. The highest BCUT2D eigenvalue weighted by atomic mass is 32.2. The quantitative estimate of drug-likeness (QED) is 0.566. The molecule has 3 aromatic rings. The van der Waals surface area contributed by atoms with Crippen LogP contribution in [-0.2, 0) is 11.3 Å². The first-order valence-corrected chi connectivity index (χ1v) is 11.9. The van der Waals surface area contributed by atoms with Crippen LogP contribution < -0.4 is 5.32 Å². The molecule has 158 valence electrons. The van der Waals surface area contributed by atoms with Gasteiger partial charge in [-0.05, 0) is 66.3 Å². The molecule has 1 atom stereocenters. The molecule has 2 aromatic heterocycles. The highest BCUT2D eigenvalue weighted by Gasteiger charge is 2.25. The van der Waals surface area contributed by atoms with Crippen molar-refractivity contribution in [3.05, 3.63) is 52.2 Å². The van der Waals surface area contributed by atoms with Gasteiger partial charge in [0.15, 0.2) is 0 Å². The summed E-state index contributed by atoms with van der Waals surface area (Å²) < 4.78 is 1.69. The van der Waals surface area contributed by atoms with Crippen LogP contribution in [0.1, 0.15) is 30.2 Å². The van der Waals surface area contributed by atoms with Gasteiger partial charge in [-0.25, -0.2) is 0 Å². The van der Waals surface area contributed by atoms with E-state index in [2.05, 4.69) is 43.3 Å². The normalized spacial score (nSPS) is 16.5. The molecule has 0 bridgehead atoms. The van der Waals surface area contributed by atoms with Gasteiger partial charge in [0.25, 0.3) is 0 Å². The predicted molar refractivity (Wildman–Crippen MR) is 120 cm³/mol. The minimum Gasteiger partial charge on any atom is -0.352 e. The number of nitrogens with zero attached hydrogens (tertiary/aromatic N) is 5. The second-order valence-corrected chi connectivity index (χ2v) is 9.95. The molecular formula is C21H26N6OS2. The van der Waals surface area contributed by atoms with Crippen LogP contribution in [0.25, 0.3) is 5.69 Å². The van der Waals surface area contributed by atoms with Crippen molar-refractivity contribution in [1.29, 1.82) is 0 Å². The maximum atomic E-state index is 12.8. The molecule has 0 saturated carbocycles. The number of benzene rings is 1. The Balaban J connectivity index is 1.28. The molecule has 1 aliphatic heterocycles. The molecule has 0 radical (unpaired) electrons. The molecule has 1 aliphatic rings. The molecule has 0 aliphatic carbocycles. The van der Waals surface area contributed by atoms with Crippen LogP contribution in [0.3, 0.4) is 0 Å². The van der Waals surface area contributed by atoms with Crippen molar-refractivity contribution in [3.63, 3.8) is 0 Å². The van der Waals surface area contributed by atoms with Crippen LogP contribution in [0.2, 0.25) is 0 Å². The van der Waals surface area contributed by atoms with Gasteiger partial charge in [-0.15, -0.1) is 16.4 Å². The lowest BCUT2D eigenvalue weighted by molar-refractivity contribution is -0.121. The van der Waals surface area contributed by atoms with Crippen molar-refractivity contribution < 1.29 is 4.79 Å². The lowest BCUT2D eigenvalue weighted by Gasteiger charge is -2.32. The Morgan fingerprint density at radius 1 is 1.30 bits per heavy atom. The van der Waals surface area contributed by atoms with Gasteiger partial charge in [0, 0.05) is 30.6 Å². The first-order chi connectivity index (χ1) is 14.6. The van der Waals surface area contributed by atoms with E-state index in [1.165, 1.54) is 16.6 Å². The summed E-state index contributed by atoms with van der Waals surface area (Å²) in [5, 5.41) is 17.7. The second-order valence-electron chi connectivity index (χ2n) is 7.61. The molecule has 9 heteroatoms. The maximum absolute atomic E-state index is 12.8. The van der Waals surface area contributed by atoms with Gasteiger partial charge in [-0.3, -0.25) is 9.69 Å². The summed E-state index contributed by atoms with van der Waals surface area (Å²) >= 11 is 3.18. The van der Waals surface area contributed by atoms with Crippen LogP contribution in [-0.4, -0.2) is 55.4 Å². The predicted octanol–water partition coefficient (Wildman–Crippen LogP) is 3.29. The summed E-state index contributed by atoms with van der Waals surface area (Å²) in [7, 11) is 0. The third-order valence-electron chi connectivity index (χ3n) is 5.23. The average Bonchev–Trinajstić information content (AvgIpc) is 3.41. The lowest BCUT2D eigenvalue weighted by atomic mass is 10.0. The van der Waals surface area contributed by atoms with Gasteiger partial charge in [0.1, 0.15) is 0 Å². The molecule has 1 unspecified atom stereocenters. The van der Waals surface area contributed by atoms with Gasteiger partial charge >= 0.3 is 0 Å². The van der Waals surface area contributed by atoms with Gasteiger partial charge in [-0.2, -0.15) is 4.68 Å². The Labute approximate surface area is 184 Å². The van der Waals surface area contributed by atoms with Gasteiger partial charge in [0.2, 0.25) is 11.1 Å². The second kappa shape index (κ2) is 9.72. The van der Waals surface area contributed by atoms with Gasteiger partial charge in [0.05, 0.1) is 10.9 Å². The SMILES string of the molecule is Cc1cccc(-n2nnnc2SC(C)C(=O)NC2CCN(Cc3cccs3)CC2)c1. The molecule has 1 aromatic carbocycles. The minimum atomic E-state index is -0.274. The zero-order valence-electron chi connectivity index (χ0n) is 17.2. The third kappa shape index (κ3) is 5.27. The summed E-state index contributed by atoms with van der Waals surface area (Å²) in [6.45, 7) is 6.96. The lowest BCUT2D eigenvalue weighted by Crippen LogP contribution is -2.46. The topological polar surface area (TPSA) is 75.9 Å². The number of hydrogen-bond donors (Lipinski definition) is 1. The average molecular weight is 443 g/mol. The number of tetrazole rings is 1. The Morgan fingerprint density at radius 2 is 2.13 bits per heavy atom. The van der Waals surface area contributed by atoms with Gasteiger partial charge < -0.3 is 5.32 Å². The number of thiophene rings is 1. The van der Waals surface area contributed by atoms with Crippen LogP contribution in [0, 0.1) is 6.92 Å². The number of thioether (sulfide) groups is 1. The zero-order chi connectivity index (χ0) is 20.9. The van der Waals surface area contributed by atoms with E-state index in [1.807, 2.05) is 38.1 Å². The third-order valence-corrected chi connectivity index (χ3v) is 7.13. The van der Waals surface area contributed by atoms with Crippen molar-refractivity contribution in [2.75, 3.05) is 13.1 Å². The molecule has 1 fully saturated rings. The molecule has 0 spiro atoms. The summed E-state index contributed by atoms with van der Waals surface area (Å²) in [6, 6.07) is 12.5. The Bertz CT molecular complexity index is 966. The van der Waals surface area contributed by atoms with Crippen molar-refractivity contribution in [1.82, 2.24) is 30.4 Å². The van der Waals surface area contributed by atoms with Crippen molar-refractivity contribution in [2.24, 2.45) is 0 Å². The minimum absolute atomic E-state index is 0.0375. The molecule has 7 nitrogen and oxygen atoms in total.